The van der Waals surface area contributed by atoms with E-state index in [1.54, 1.807) is 23.5 Å². The molecule has 73 heavy (non-hydrogen) atoms. The van der Waals surface area contributed by atoms with Gasteiger partial charge in [0.15, 0.2) is 15.3 Å². The maximum absolute atomic E-state index is 11.4. The van der Waals surface area contributed by atoms with Crippen LogP contribution in [-0.2, 0) is 33.1 Å². The van der Waals surface area contributed by atoms with Gasteiger partial charge in [-0.3, -0.25) is 4.79 Å². The van der Waals surface area contributed by atoms with E-state index in [9.17, 15) is 9.90 Å². The molecule has 4 heterocycles. The number of hydrogen-bond donors (Lipinski definition) is 1. The molecule has 15 heteroatoms. The first-order valence-electron chi connectivity index (χ1n) is 27.2. The van der Waals surface area contributed by atoms with Crippen molar-refractivity contribution >= 4 is 76.2 Å². The average Bonchev–Trinajstić information content (AvgIpc) is 4.37. The fourth-order valence-corrected chi connectivity index (χ4v) is 14.9. The molecule has 8 aliphatic carbocycles. The average molecular weight is 1090 g/mol. The molecule has 8 aliphatic rings. The van der Waals surface area contributed by atoms with E-state index >= 15 is 0 Å². The SMILES string of the molecule is O=C1CCC(OCc2c(C3CCC4(CC3)CC4)noc2C2CC2)CC1.[C-]#[N+]c1ccc2nc(Br)sc2c1.[C-]#[N+]c1ccc2nc(C3(O)CCC(OCc4c(C5CCC6(CC5)CC6)noc4C4CC4)CC3)sc2c1. The first-order chi connectivity index (χ1) is 35.6. The van der Waals surface area contributed by atoms with E-state index in [1.807, 2.05) is 24.3 Å². The Balaban J connectivity index is 0.000000126. The van der Waals surface area contributed by atoms with Crippen molar-refractivity contribution in [2.45, 2.75) is 209 Å². The number of aromatic nitrogens is 4. The van der Waals surface area contributed by atoms with Crippen LogP contribution in [0.5, 0.6) is 0 Å². The van der Waals surface area contributed by atoms with Crippen molar-refractivity contribution in [3.63, 3.8) is 0 Å². The smallest absolute Gasteiger partial charge is 0.188 e. The number of carbonyl (C=O) groups is 1. The van der Waals surface area contributed by atoms with Gasteiger partial charge in [-0.25, -0.2) is 19.7 Å². The monoisotopic (exact) mass is 1080 g/mol. The Labute approximate surface area is 444 Å². The molecular formula is C58H65BrN6O6S2. The zero-order chi connectivity index (χ0) is 49.7. The topological polar surface area (TPSA) is 142 Å². The van der Waals surface area contributed by atoms with Gasteiger partial charge in [0.1, 0.15) is 27.9 Å². The molecule has 2 aromatic carbocycles. The van der Waals surface area contributed by atoms with E-state index in [1.165, 1.54) is 137 Å². The summed E-state index contributed by atoms with van der Waals surface area (Å²) in [6, 6.07) is 11.0. The van der Waals surface area contributed by atoms with Gasteiger partial charge in [-0.2, -0.15) is 0 Å². The molecule has 8 saturated carbocycles. The molecule has 6 aromatic rings. The van der Waals surface area contributed by atoms with Crippen molar-refractivity contribution in [2.24, 2.45) is 10.8 Å². The molecular weight excluding hydrogens is 1020 g/mol. The van der Waals surface area contributed by atoms with Gasteiger partial charge in [0.2, 0.25) is 0 Å². The van der Waals surface area contributed by atoms with Crippen LogP contribution in [0.1, 0.15) is 217 Å². The second-order valence-corrected chi connectivity index (χ2v) is 26.4. The van der Waals surface area contributed by atoms with E-state index in [4.69, 9.17) is 36.6 Å². The van der Waals surface area contributed by atoms with E-state index in [2.05, 4.69) is 40.9 Å². The molecule has 382 valence electrons. The summed E-state index contributed by atoms with van der Waals surface area (Å²) in [4.78, 5) is 27.2. The lowest BCUT2D eigenvalue weighted by Crippen LogP contribution is -2.34. The van der Waals surface area contributed by atoms with Crippen molar-refractivity contribution in [3.8, 4) is 0 Å². The number of thiazole rings is 2. The minimum absolute atomic E-state index is 0.129. The molecule has 0 aliphatic heterocycles. The highest BCUT2D eigenvalue weighted by molar-refractivity contribution is 9.11. The Bertz CT molecular complexity index is 3030. The van der Waals surface area contributed by atoms with Gasteiger partial charge >= 0.3 is 0 Å². The van der Waals surface area contributed by atoms with E-state index in [0.717, 1.165) is 66.6 Å². The lowest BCUT2D eigenvalue weighted by Gasteiger charge is -2.34. The first-order valence-corrected chi connectivity index (χ1v) is 29.6. The van der Waals surface area contributed by atoms with E-state index in [-0.39, 0.29) is 12.2 Å². The van der Waals surface area contributed by atoms with Crippen LogP contribution in [0.15, 0.2) is 49.4 Å². The number of fused-ring (bicyclic) bond motifs is 2. The van der Waals surface area contributed by atoms with E-state index < -0.39 is 5.60 Å². The second-order valence-electron chi connectivity index (χ2n) is 23.0. The van der Waals surface area contributed by atoms with Gasteiger partial charge in [-0.1, -0.05) is 22.4 Å². The number of rotatable bonds is 11. The van der Waals surface area contributed by atoms with Crippen LogP contribution in [-0.4, -0.2) is 43.4 Å². The summed E-state index contributed by atoms with van der Waals surface area (Å²) in [6.07, 6.45) is 27.4. The number of carbonyl (C=O) groups excluding carboxylic acids is 1. The minimum Gasteiger partial charge on any atom is -0.383 e. The van der Waals surface area contributed by atoms with Crippen LogP contribution in [0.25, 0.3) is 30.1 Å². The lowest BCUT2D eigenvalue weighted by atomic mass is 9.77. The standard InChI is InChI=1S/C29H33N3O3S.C21H29NO3.C8H3BrN2S/c1-30-20-4-5-23-24(16-20)36-27(31-23)29(33)12-8-21(9-13-29)34-17-22-25(32-35-26(22)19-2-3-19)18-6-10-28(11-7-18)14-15-28;23-16-3-5-17(6-4-16)24-13-18-19(22-25-20(18)15-1-2-15)14-7-9-21(10-8-14)11-12-21;1-10-5-2-3-6-7(4-5)12-8(9)11-6/h4-5,16,18-19,21,33H,2-3,6-15,17H2;14-15,17H,1-13H2;2-4H. The van der Waals surface area contributed by atoms with Crippen LogP contribution in [0, 0.1) is 24.0 Å². The van der Waals surface area contributed by atoms with Gasteiger partial charge in [0.25, 0.3) is 0 Å². The Morgan fingerprint density at radius 2 is 1.07 bits per heavy atom. The summed E-state index contributed by atoms with van der Waals surface area (Å²) in [5, 5.41) is 21.3. The summed E-state index contributed by atoms with van der Waals surface area (Å²) >= 11 is 6.36. The molecule has 0 bridgehead atoms. The summed E-state index contributed by atoms with van der Waals surface area (Å²) in [5.74, 6) is 4.76. The van der Waals surface area contributed by atoms with Gasteiger partial charge in [0, 0.05) is 57.0 Å². The maximum Gasteiger partial charge on any atom is 0.188 e. The van der Waals surface area contributed by atoms with Gasteiger partial charge in [-0.05, 0) is 192 Å². The van der Waals surface area contributed by atoms with E-state index in [0.29, 0.717) is 90.6 Å². The lowest BCUT2D eigenvalue weighted by molar-refractivity contribution is -0.123. The maximum atomic E-state index is 11.4. The summed E-state index contributed by atoms with van der Waals surface area (Å²) in [6.45, 7) is 15.3. The van der Waals surface area contributed by atoms with Crippen LogP contribution in [0.4, 0.5) is 11.4 Å². The zero-order valence-corrected chi connectivity index (χ0v) is 44.9. The molecule has 2 spiro atoms. The quantitative estimate of drug-likeness (QED) is 0.125. The number of Topliss-reactive ketones (excluding diaryl/α,β-unsaturated/α-hetero) is 1. The number of benzene rings is 2. The molecule has 0 radical (unpaired) electrons. The van der Waals surface area contributed by atoms with Gasteiger partial charge in [0.05, 0.1) is 61.0 Å². The number of aliphatic hydroxyl groups is 1. The van der Waals surface area contributed by atoms with Crippen molar-refractivity contribution in [3.05, 3.63) is 102 Å². The van der Waals surface area contributed by atoms with Crippen LogP contribution in [0.2, 0.25) is 0 Å². The molecule has 14 rings (SSSR count). The Hall–Kier alpha value is -4.35. The van der Waals surface area contributed by atoms with Crippen molar-refractivity contribution < 1.29 is 28.4 Å². The number of ether oxygens (including phenoxy) is 2. The highest BCUT2D eigenvalue weighted by Gasteiger charge is 2.48. The Kier molecular flexibility index (Phi) is 14.0. The number of hydrogen-bond acceptors (Lipinski definition) is 12. The van der Waals surface area contributed by atoms with Crippen molar-refractivity contribution in [2.75, 3.05) is 0 Å². The molecule has 4 aromatic heterocycles. The molecule has 8 fully saturated rings. The predicted molar refractivity (Wildman–Crippen MR) is 285 cm³/mol. The number of halogens is 1. The molecule has 0 amide bonds. The van der Waals surface area contributed by atoms with Gasteiger partial charge < -0.3 is 23.6 Å². The third-order valence-electron chi connectivity index (χ3n) is 17.9. The highest BCUT2D eigenvalue weighted by atomic mass is 79.9. The minimum atomic E-state index is -0.912. The van der Waals surface area contributed by atoms with Crippen molar-refractivity contribution in [1.82, 2.24) is 20.3 Å². The highest BCUT2D eigenvalue weighted by Crippen LogP contribution is 2.60. The molecule has 1 N–H and O–H groups in total. The predicted octanol–water partition coefficient (Wildman–Crippen LogP) is 16.1. The van der Waals surface area contributed by atoms with Crippen molar-refractivity contribution in [1.29, 1.82) is 0 Å². The second kappa shape index (κ2) is 20.6. The fourth-order valence-electron chi connectivity index (χ4n) is 12.4. The third kappa shape index (κ3) is 11.2. The fraction of sp³-hybridized carbons (Fsp3) is 0.603. The molecule has 0 saturated heterocycles. The Morgan fingerprint density at radius 3 is 1.53 bits per heavy atom. The third-order valence-corrected chi connectivity index (χ3v) is 20.6. The normalized spacial score (nSPS) is 25.5. The first kappa shape index (κ1) is 49.5. The summed E-state index contributed by atoms with van der Waals surface area (Å²) in [7, 11) is 0. The van der Waals surface area contributed by atoms with Gasteiger partial charge in [-0.15, -0.1) is 22.7 Å². The van der Waals surface area contributed by atoms with Crippen LogP contribution >= 0.6 is 38.6 Å². The largest absolute Gasteiger partial charge is 0.383 e. The summed E-state index contributed by atoms with van der Waals surface area (Å²) in [5.41, 5.74) is 8.42. The van der Waals surface area contributed by atoms with Crippen LogP contribution < -0.4 is 0 Å². The number of nitrogens with zero attached hydrogens (tertiary/aromatic N) is 6. The Morgan fingerprint density at radius 1 is 0.603 bits per heavy atom. The molecule has 12 nitrogen and oxygen atoms in total. The molecule has 0 atom stereocenters. The molecule has 0 unspecified atom stereocenters. The zero-order valence-electron chi connectivity index (χ0n) is 41.7. The van der Waals surface area contributed by atoms with Crippen LogP contribution in [0.3, 0.4) is 0 Å². The number of ketones is 1. The summed E-state index contributed by atoms with van der Waals surface area (Å²) < 4.78 is 27.3.